The van der Waals surface area contributed by atoms with E-state index in [1.54, 1.807) is 0 Å². The van der Waals surface area contributed by atoms with Crippen molar-refractivity contribution >= 4 is 5.91 Å². The third kappa shape index (κ3) is 4.52. The van der Waals surface area contributed by atoms with Crippen molar-refractivity contribution < 1.29 is 4.79 Å². The summed E-state index contributed by atoms with van der Waals surface area (Å²) in [7, 11) is 0. The lowest BCUT2D eigenvalue weighted by atomic mass is 9.83. The lowest BCUT2D eigenvalue weighted by Crippen LogP contribution is -2.37. The van der Waals surface area contributed by atoms with Crippen LogP contribution >= 0.6 is 0 Å². The summed E-state index contributed by atoms with van der Waals surface area (Å²) in [5.74, 6) is 1.55. The van der Waals surface area contributed by atoms with Gasteiger partial charge in [-0.1, -0.05) is 33.1 Å². The van der Waals surface area contributed by atoms with Gasteiger partial charge in [-0.05, 0) is 24.7 Å². The lowest BCUT2D eigenvalue weighted by Gasteiger charge is -2.25. The Balaban J connectivity index is 2.15. The highest BCUT2D eigenvalue weighted by molar-refractivity contribution is 5.78. The van der Waals surface area contributed by atoms with Crippen molar-refractivity contribution in [2.45, 2.75) is 46.0 Å². The van der Waals surface area contributed by atoms with Crippen LogP contribution in [0.1, 0.15) is 46.0 Å². The third-order valence-corrected chi connectivity index (χ3v) is 3.49. The summed E-state index contributed by atoms with van der Waals surface area (Å²) in [6, 6.07) is 0. The second-order valence-electron chi connectivity index (χ2n) is 5.44. The van der Waals surface area contributed by atoms with Gasteiger partial charge in [0, 0.05) is 13.1 Å². The predicted molar refractivity (Wildman–Crippen MR) is 67.0 cm³/mol. The summed E-state index contributed by atoms with van der Waals surface area (Å²) < 4.78 is 0. The van der Waals surface area contributed by atoms with Crippen LogP contribution in [0, 0.1) is 17.8 Å². The molecule has 0 aromatic heterocycles. The molecule has 3 N–H and O–H groups in total. The maximum Gasteiger partial charge on any atom is 0.224 e. The van der Waals surface area contributed by atoms with Crippen molar-refractivity contribution in [2.75, 3.05) is 13.1 Å². The topological polar surface area (TPSA) is 55.1 Å². The van der Waals surface area contributed by atoms with Gasteiger partial charge >= 0.3 is 0 Å². The van der Waals surface area contributed by atoms with Gasteiger partial charge in [-0.25, -0.2) is 0 Å². The molecule has 94 valence electrons. The molecule has 1 fully saturated rings. The Bertz CT molecular complexity index is 212. The Hall–Kier alpha value is -0.570. The Morgan fingerprint density at radius 3 is 2.56 bits per heavy atom. The van der Waals surface area contributed by atoms with E-state index in [1.807, 2.05) is 0 Å². The van der Waals surface area contributed by atoms with Crippen LogP contribution in [0.25, 0.3) is 0 Å². The minimum absolute atomic E-state index is 0.00129. The van der Waals surface area contributed by atoms with Gasteiger partial charge in [-0.2, -0.15) is 0 Å². The average Bonchev–Trinajstić information content (AvgIpc) is 2.17. The van der Waals surface area contributed by atoms with E-state index in [1.165, 1.54) is 19.3 Å². The molecule has 0 heterocycles. The van der Waals surface area contributed by atoms with Gasteiger partial charge in [0.25, 0.3) is 0 Å². The third-order valence-electron chi connectivity index (χ3n) is 3.49. The lowest BCUT2D eigenvalue weighted by molar-refractivity contribution is -0.125. The molecule has 1 saturated carbocycles. The van der Waals surface area contributed by atoms with Gasteiger partial charge in [0.05, 0.1) is 5.92 Å². The van der Waals surface area contributed by atoms with Gasteiger partial charge < -0.3 is 11.1 Å². The fraction of sp³-hybridized carbons (Fsp3) is 0.923. The molecular weight excluding hydrogens is 200 g/mol. The first-order chi connectivity index (χ1) is 7.63. The number of carbonyl (C=O) groups excluding carboxylic acids is 1. The Labute approximate surface area is 99.2 Å². The van der Waals surface area contributed by atoms with Crippen molar-refractivity contribution in [3.8, 4) is 0 Å². The highest BCUT2D eigenvalue weighted by atomic mass is 16.1. The number of carbonyl (C=O) groups is 1. The molecule has 0 radical (unpaired) electrons. The fourth-order valence-electron chi connectivity index (χ4n) is 2.20. The molecule has 3 heteroatoms. The molecule has 1 aliphatic carbocycles. The van der Waals surface area contributed by atoms with E-state index in [0.29, 0.717) is 12.5 Å². The zero-order valence-electron chi connectivity index (χ0n) is 10.7. The number of amides is 1. The molecule has 0 aliphatic heterocycles. The second-order valence-corrected chi connectivity index (χ2v) is 5.44. The summed E-state index contributed by atoms with van der Waals surface area (Å²) in [6.45, 7) is 5.56. The van der Waals surface area contributed by atoms with Crippen molar-refractivity contribution in [3.63, 3.8) is 0 Å². The smallest absolute Gasteiger partial charge is 0.224 e. The van der Waals surface area contributed by atoms with Crippen molar-refractivity contribution in [2.24, 2.45) is 23.5 Å². The van der Waals surface area contributed by atoms with Crippen LogP contribution in [-0.2, 0) is 4.79 Å². The molecule has 1 unspecified atom stereocenters. The molecule has 1 rings (SSSR count). The summed E-state index contributed by atoms with van der Waals surface area (Å²) >= 11 is 0. The standard InChI is InChI=1S/C13H26N2O/c1-10(2)8-12(9-14)13(16)15-7-6-11-4-3-5-11/h10-12H,3-9,14H2,1-2H3,(H,15,16). The molecule has 1 atom stereocenters. The number of nitrogens with one attached hydrogen (secondary N) is 1. The molecule has 1 amide bonds. The van der Waals surface area contributed by atoms with Crippen LogP contribution in [0.4, 0.5) is 0 Å². The summed E-state index contributed by atoms with van der Waals surface area (Å²) in [5.41, 5.74) is 5.63. The molecule has 16 heavy (non-hydrogen) atoms. The number of nitrogens with two attached hydrogens (primary N) is 1. The minimum atomic E-state index is 0.00129. The van der Waals surface area contributed by atoms with Gasteiger partial charge in [0.15, 0.2) is 0 Å². The fourth-order valence-corrected chi connectivity index (χ4v) is 2.20. The summed E-state index contributed by atoms with van der Waals surface area (Å²) in [6.07, 6.45) is 6.11. The van der Waals surface area contributed by atoms with E-state index in [-0.39, 0.29) is 11.8 Å². The molecule has 3 nitrogen and oxygen atoms in total. The molecule has 0 aromatic carbocycles. The molecule has 0 spiro atoms. The van der Waals surface area contributed by atoms with E-state index in [9.17, 15) is 4.79 Å². The highest BCUT2D eigenvalue weighted by Gasteiger charge is 2.20. The van der Waals surface area contributed by atoms with E-state index >= 15 is 0 Å². The SMILES string of the molecule is CC(C)CC(CN)C(=O)NCCC1CCC1. The Morgan fingerprint density at radius 1 is 1.44 bits per heavy atom. The van der Waals surface area contributed by atoms with Gasteiger partial charge in [-0.3, -0.25) is 4.79 Å². The van der Waals surface area contributed by atoms with Crippen LogP contribution in [0.3, 0.4) is 0 Å². The maximum absolute atomic E-state index is 11.8. The highest BCUT2D eigenvalue weighted by Crippen LogP contribution is 2.28. The largest absolute Gasteiger partial charge is 0.356 e. The maximum atomic E-state index is 11.8. The van der Waals surface area contributed by atoms with Crippen LogP contribution in [0.2, 0.25) is 0 Å². The van der Waals surface area contributed by atoms with Crippen LogP contribution in [-0.4, -0.2) is 19.0 Å². The van der Waals surface area contributed by atoms with Crippen LogP contribution < -0.4 is 11.1 Å². The zero-order chi connectivity index (χ0) is 12.0. The number of rotatable bonds is 7. The van der Waals surface area contributed by atoms with Crippen LogP contribution in [0.15, 0.2) is 0 Å². The van der Waals surface area contributed by atoms with Crippen LogP contribution in [0.5, 0.6) is 0 Å². The second kappa shape index (κ2) is 6.89. The Kier molecular flexibility index (Phi) is 5.81. The van der Waals surface area contributed by atoms with Gasteiger partial charge in [0.2, 0.25) is 5.91 Å². The van der Waals surface area contributed by atoms with Gasteiger partial charge in [-0.15, -0.1) is 0 Å². The molecule has 0 aromatic rings. The molecule has 1 aliphatic rings. The first-order valence-corrected chi connectivity index (χ1v) is 6.61. The molecule has 0 bridgehead atoms. The monoisotopic (exact) mass is 226 g/mol. The molecule has 0 saturated heterocycles. The zero-order valence-corrected chi connectivity index (χ0v) is 10.7. The van der Waals surface area contributed by atoms with E-state index < -0.39 is 0 Å². The Morgan fingerprint density at radius 2 is 2.12 bits per heavy atom. The van der Waals surface area contributed by atoms with E-state index in [2.05, 4.69) is 19.2 Å². The average molecular weight is 226 g/mol. The van der Waals surface area contributed by atoms with Crippen molar-refractivity contribution in [3.05, 3.63) is 0 Å². The van der Waals surface area contributed by atoms with Gasteiger partial charge in [0.1, 0.15) is 0 Å². The molecular formula is C13H26N2O. The number of hydrogen-bond donors (Lipinski definition) is 2. The predicted octanol–water partition coefficient (Wildman–Crippen LogP) is 1.91. The number of hydrogen-bond acceptors (Lipinski definition) is 2. The first-order valence-electron chi connectivity index (χ1n) is 6.61. The van der Waals surface area contributed by atoms with E-state index in [0.717, 1.165) is 25.3 Å². The van der Waals surface area contributed by atoms with E-state index in [4.69, 9.17) is 5.73 Å². The summed E-state index contributed by atoms with van der Waals surface area (Å²) in [5, 5.41) is 3.02. The first kappa shape index (κ1) is 13.5. The van der Waals surface area contributed by atoms with Crippen molar-refractivity contribution in [1.82, 2.24) is 5.32 Å². The summed E-state index contributed by atoms with van der Waals surface area (Å²) in [4.78, 5) is 11.8. The van der Waals surface area contributed by atoms with Crippen molar-refractivity contribution in [1.29, 1.82) is 0 Å². The normalized spacial score (nSPS) is 18.2. The quantitative estimate of drug-likeness (QED) is 0.697. The minimum Gasteiger partial charge on any atom is -0.356 e.